The molecule has 0 aliphatic heterocycles. The molecule has 0 fully saturated rings. The molecule has 1 nitrogen and oxygen atoms in total. The van der Waals surface area contributed by atoms with Crippen LogP contribution < -0.4 is 4.74 Å². The van der Waals surface area contributed by atoms with Crippen molar-refractivity contribution in [3.8, 4) is 16.9 Å². The van der Waals surface area contributed by atoms with Gasteiger partial charge in [0.05, 0.1) is 12.0 Å². The number of rotatable bonds is 9. The van der Waals surface area contributed by atoms with E-state index in [2.05, 4.69) is 0 Å². The normalized spacial score (nSPS) is 11.8. The summed E-state index contributed by atoms with van der Waals surface area (Å²) < 4.78 is 74.2. The van der Waals surface area contributed by atoms with E-state index in [0.29, 0.717) is 11.1 Å². The van der Waals surface area contributed by atoms with Crippen LogP contribution in [-0.4, -0.2) is 6.11 Å². The summed E-state index contributed by atoms with van der Waals surface area (Å²) in [7, 11) is 0. The number of aryl methyl sites for hydroxylation is 3. The Balaban J connectivity index is 1.65. The zero-order valence-corrected chi connectivity index (χ0v) is 18.0. The third-order valence-electron chi connectivity index (χ3n) is 5.31. The van der Waals surface area contributed by atoms with Crippen molar-refractivity contribution >= 4 is 0 Å². The Labute approximate surface area is 184 Å². The fourth-order valence-electron chi connectivity index (χ4n) is 3.56. The average Bonchev–Trinajstić information content (AvgIpc) is 2.74. The SMILES string of the molecule is CCCc1ccc(OC(F)(F)CCc2ccc(-c3ccc(C)c(C(F)F)c3F)cc2)cc1. The summed E-state index contributed by atoms with van der Waals surface area (Å²) in [6, 6.07) is 15.8. The van der Waals surface area contributed by atoms with Gasteiger partial charge in [0.15, 0.2) is 0 Å². The minimum atomic E-state index is -3.35. The van der Waals surface area contributed by atoms with E-state index in [9.17, 15) is 22.0 Å². The Bertz CT molecular complexity index is 1030. The zero-order chi connectivity index (χ0) is 23.3. The predicted molar refractivity (Wildman–Crippen MR) is 116 cm³/mol. The van der Waals surface area contributed by atoms with Gasteiger partial charge >= 0.3 is 6.11 Å². The maximum atomic E-state index is 14.6. The van der Waals surface area contributed by atoms with E-state index in [1.54, 1.807) is 36.4 Å². The van der Waals surface area contributed by atoms with Crippen LogP contribution in [0.1, 0.15) is 48.4 Å². The summed E-state index contributed by atoms with van der Waals surface area (Å²) in [5.74, 6) is -0.854. The topological polar surface area (TPSA) is 9.23 Å². The summed E-state index contributed by atoms with van der Waals surface area (Å²) in [6.07, 6.45) is -4.90. The Hall–Kier alpha value is -2.89. The van der Waals surface area contributed by atoms with Gasteiger partial charge in [-0.05, 0) is 54.2 Å². The van der Waals surface area contributed by atoms with Gasteiger partial charge in [0.25, 0.3) is 6.43 Å². The first-order valence-electron chi connectivity index (χ1n) is 10.5. The van der Waals surface area contributed by atoms with Crippen LogP contribution in [0, 0.1) is 12.7 Å². The van der Waals surface area contributed by atoms with Gasteiger partial charge in [-0.3, -0.25) is 0 Å². The molecule has 6 heteroatoms. The van der Waals surface area contributed by atoms with E-state index in [4.69, 9.17) is 4.74 Å². The van der Waals surface area contributed by atoms with Gasteiger partial charge in [-0.2, -0.15) is 8.78 Å². The first-order valence-corrected chi connectivity index (χ1v) is 10.5. The molecule has 0 N–H and O–H groups in total. The third kappa shape index (κ3) is 5.87. The van der Waals surface area contributed by atoms with Crippen molar-refractivity contribution in [3.63, 3.8) is 0 Å². The van der Waals surface area contributed by atoms with Crippen molar-refractivity contribution < 1.29 is 26.7 Å². The van der Waals surface area contributed by atoms with Crippen molar-refractivity contribution in [1.29, 1.82) is 0 Å². The summed E-state index contributed by atoms with van der Waals surface area (Å²) >= 11 is 0. The van der Waals surface area contributed by atoms with Crippen LogP contribution in [0.3, 0.4) is 0 Å². The highest BCUT2D eigenvalue weighted by Crippen LogP contribution is 2.33. The molecule has 3 aromatic carbocycles. The van der Waals surface area contributed by atoms with Gasteiger partial charge in [-0.25, -0.2) is 13.2 Å². The van der Waals surface area contributed by atoms with E-state index >= 15 is 0 Å². The molecule has 0 heterocycles. The third-order valence-corrected chi connectivity index (χ3v) is 5.31. The molecular formula is C26H25F5O. The van der Waals surface area contributed by atoms with Crippen LogP contribution in [-0.2, 0) is 12.8 Å². The molecule has 0 aliphatic carbocycles. The summed E-state index contributed by atoms with van der Waals surface area (Å²) in [5, 5.41) is 0. The second kappa shape index (κ2) is 10.2. The van der Waals surface area contributed by atoms with Crippen LogP contribution >= 0.6 is 0 Å². The lowest BCUT2D eigenvalue weighted by Gasteiger charge is -2.18. The molecule has 0 bridgehead atoms. The van der Waals surface area contributed by atoms with Gasteiger partial charge in [-0.1, -0.05) is 61.9 Å². The molecular weight excluding hydrogens is 423 g/mol. The summed E-state index contributed by atoms with van der Waals surface area (Å²) in [5.41, 5.74) is 1.69. The molecule has 0 spiro atoms. The number of hydrogen-bond acceptors (Lipinski definition) is 1. The van der Waals surface area contributed by atoms with E-state index in [-0.39, 0.29) is 23.3 Å². The Morgan fingerprint density at radius 3 is 2.03 bits per heavy atom. The average molecular weight is 448 g/mol. The van der Waals surface area contributed by atoms with E-state index < -0.39 is 30.3 Å². The smallest absolute Gasteiger partial charge is 0.398 e. The van der Waals surface area contributed by atoms with Crippen LogP contribution in [0.15, 0.2) is 60.7 Å². The molecule has 32 heavy (non-hydrogen) atoms. The molecule has 0 saturated heterocycles. The Kier molecular flexibility index (Phi) is 7.54. The van der Waals surface area contributed by atoms with E-state index in [1.807, 2.05) is 6.92 Å². The largest absolute Gasteiger partial charge is 0.433 e. The second-order valence-corrected chi connectivity index (χ2v) is 7.79. The molecule has 0 aliphatic rings. The second-order valence-electron chi connectivity index (χ2n) is 7.79. The maximum absolute atomic E-state index is 14.6. The Morgan fingerprint density at radius 1 is 0.844 bits per heavy atom. The first kappa shape index (κ1) is 23.8. The monoisotopic (exact) mass is 448 g/mol. The van der Waals surface area contributed by atoms with Gasteiger partial charge in [0.2, 0.25) is 0 Å². The zero-order valence-electron chi connectivity index (χ0n) is 18.0. The number of alkyl halides is 4. The standard InChI is InChI=1S/C26H25F5O/c1-3-4-18-8-12-21(13-9-18)32-26(30,31)16-15-19-6-10-20(11-7-19)22-14-5-17(2)23(24(22)27)25(28)29/h5-14,25H,3-4,15-16H2,1-2H3. The lowest BCUT2D eigenvalue weighted by Crippen LogP contribution is -2.25. The van der Waals surface area contributed by atoms with Gasteiger partial charge in [0, 0.05) is 5.56 Å². The van der Waals surface area contributed by atoms with E-state index in [1.165, 1.54) is 31.2 Å². The highest BCUT2D eigenvalue weighted by molar-refractivity contribution is 5.66. The number of halogens is 5. The van der Waals surface area contributed by atoms with Crippen molar-refractivity contribution in [3.05, 3.63) is 88.7 Å². The molecule has 0 aromatic heterocycles. The highest BCUT2D eigenvalue weighted by Gasteiger charge is 2.31. The minimum absolute atomic E-state index is 0.0415. The van der Waals surface area contributed by atoms with Gasteiger partial charge < -0.3 is 4.74 Å². The van der Waals surface area contributed by atoms with Crippen molar-refractivity contribution in [2.24, 2.45) is 0 Å². The first-order chi connectivity index (χ1) is 15.2. The fourth-order valence-corrected chi connectivity index (χ4v) is 3.56. The number of benzene rings is 3. The molecule has 170 valence electrons. The van der Waals surface area contributed by atoms with Crippen LogP contribution in [0.25, 0.3) is 11.1 Å². The molecule has 0 saturated carbocycles. The minimum Gasteiger partial charge on any atom is -0.433 e. The lowest BCUT2D eigenvalue weighted by molar-refractivity contribution is -0.180. The quantitative estimate of drug-likeness (QED) is 0.299. The van der Waals surface area contributed by atoms with Crippen LogP contribution in [0.5, 0.6) is 5.75 Å². The van der Waals surface area contributed by atoms with Crippen molar-refractivity contribution in [2.45, 2.75) is 52.1 Å². The van der Waals surface area contributed by atoms with Gasteiger partial charge in [-0.15, -0.1) is 0 Å². The lowest BCUT2D eigenvalue weighted by atomic mass is 9.97. The summed E-state index contributed by atoms with van der Waals surface area (Å²) in [6.45, 7) is 3.47. The highest BCUT2D eigenvalue weighted by atomic mass is 19.3. The van der Waals surface area contributed by atoms with Gasteiger partial charge in [0.1, 0.15) is 11.6 Å². The number of hydrogen-bond donors (Lipinski definition) is 0. The molecule has 0 amide bonds. The van der Waals surface area contributed by atoms with Crippen LogP contribution in [0.4, 0.5) is 22.0 Å². The molecule has 0 atom stereocenters. The molecule has 3 aromatic rings. The summed E-state index contributed by atoms with van der Waals surface area (Å²) in [4.78, 5) is 0. The molecule has 0 unspecified atom stereocenters. The van der Waals surface area contributed by atoms with Crippen molar-refractivity contribution in [1.82, 2.24) is 0 Å². The number of ether oxygens (including phenoxy) is 1. The van der Waals surface area contributed by atoms with Crippen LogP contribution in [0.2, 0.25) is 0 Å². The molecule has 0 radical (unpaired) electrons. The Morgan fingerprint density at radius 2 is 1.44 bits per heavy atom. The van der Waals surface area contributed by atoms with E-state index in [0.717, 1.165) is 18.4 Å². The molecule has 3 rings (SSSR count). The van der Waals surface area contributed by atoms with Crippen molar-refractivity contribution in [2.75, 3.05) is 0 Å². The predicted octanol–water partition coefficient (Wildman–Crippen LogP) is 8.30. The maximum Gasteiger partial charge on any atom is 0.398 e. The fraction of sp³-hybridized carbons (Fsp3) is 0.308.